The van der Waals surface area contributed by atoms with Gasteiger partial charge in [-0.1, -0.05) is 15.9 Å². The van der Waals surface area contributed by atoms with Crippen LogP contribution in [0.25, 0.3) is 10.9 Å². The van der Waals surface area contributed by atoms with Crippen LogP contribution in [0.3, 0.4) is 0 Å². The zero-order chi connectivity index (χ0) is 13.1. The van der Waals surface area contributed by atoms with Crippen LogP contribution in [-0.4, -0.2) is 18.2 Å². The summed E-state index contributed by atoms with van der Waals surface area (Å²) in [6.07, 6.45) is 2.31. The van der Waals surface area contributed by atoms with E-state index in [0.717, 1.165) is 17.4 Å². The molecule has 2 aromatic rings. The van der Waals surface area contributed by atoms with Crippen molar-refractivity contribution in [2.45, 2.75) is 32.7 Å². The Morgan fingerprint density at radius 1 is 1.28 bits per heavy atom. The fourth-order valence-electron chi connectivity index (χ4n) is 2.51. The molecule has 0 radical (unpaired) electrons. The summed E-state index contributed by atoms with van der Waals surface area (Å²) in [5.74, 6) is 0. The number of aryl methyl sites for hydroxylation is 1. The van der Waals surface area contributed by atoms with Gasteiger partial charge in [0.05, 0.1) is 0 Å². The summed E-state index contributed by atoms with van der Waals surface area (Å²) >= 11 is 3.55. The van der Waals surface area contributed by atoms with Crippen LogP contribution in [0.1, 0.15) is 32.0 Å². The van der Waals surface area contributed by atoms with Crippen molar-refractivity contribution in [1.29, 1.82) is 0 Å². The molecule has 1 heterocycles. The maximum atomic E-state index is 3.55. The van der Waals surface area contributed by atoms with Gasteiger partial charge in [-0.3, -0.25) is 0 Å². The number of hydrogen-bond donors (Lipinski definition) is 1. The first kappa shape index (κ1) is 13.6. The Kier molecular flexibility index (Phi) is 4.46. The largest absolute Gasteiger partial charge is 0.342 e. The molecule has 2 rings (SSSR count). The maximum Gasteiger partial charge on any atom is 0.0485 e. The predicted octanol–water partition coefficient (Wildman–Crippen LogP) is 4.14. The molecule has 98 valence electrons. The second-order valence-corrected chi connectivity index (χ2v) is 5.93. The smallest absolute Gasteiger partial charge is 0.0485 e. The molecular formula is C15H21BrN2. The molecule has 0 aliphatic rings. The Balaban J connectivity index is 2.41. The Labute approximate surface area is 118 Å². The molecule has 0 bridgehead atoms. The molecule has 0 spiro atoms. The highest BCUT2D eigenvalue weighted by atomic mass is 79.9. The highest BCUT2D eigenvalue weighted by Gasteiger charge is 2.11. The fraction of sp³-hybridized carbons (Fsp3) is 0.467. The van der Waals surface area contributed by atoms with Crippen molar-refractivity contribution in [3.63, 3.8) is 0 Å². The Morgan fingerprint density at radius 2 is 2.06 bits per heavy atom. The Hall–Kier alpha value is -0.800. The van der Waals surface area contributed by atoms with E-state index in [0.29, 0.717) is 6.04 Å². The maximum absolute atomic E-state index is 3.55. The van der Waals surface area contributed by atoms with Gasteiger partial charge in [-0.2, -0.15) is 0 Å². The summed E-state index contributed by atoms with van der Waals surface area (Å²) in [7, 11) is 2.01. The number of halogens is 1. The first-order valence-electron chi connectivity index (χ1n) is 6.57. The van der Waals surface area contributed by atoms with Crippen molar-refractivity contribution in [2.24, 2.45) is 0 Å². The van der Waals surface area contributed by atoms with E-state index in [1.54, 1.807) is 0 Å². The van der Waals surface area contributed by atoms with E-state index in [9.17, 15) is 0 Å². The highest BCUT2D eigenvalue weighted by Crippen LogP contribution is 2.27. The third-order valence-electron chi connectivity index (χ3n) is 3.26. The molecule has 0 aliphatic carbocycles. The van der Waals surface area contributed by atoms with E-state index in [4.69, 9.17) is 0 Å². The van der Waals surface area contributed by atoms with Gasteiger partial charge >= 0.3 is 0 Å². The zero-order valence-corrected chi connectivity index (χ0v) is 12.9. The van der Waals surface area contributed by atoms with Crippen LogP contribution in [-0.2, 0) is 6.42 Å². The monoisotopic (exact) mass is 308 g/mol. The summed E-state index contributed by atoms with van der Waals surface area (Å²) in [6.45, 7) is 5.58. The van der Waals surface area contributed by atoms with Crippen LogP contribution in [0, 0.1) is 0 Å². The lowest BCUT2D eigenvalue weighted by Gasteiger charge is -2.14. The fourth-order valence-corrected chi connectivity index (χ4v) is 2.89. The molecule has 3 heteroatoms. The molecule has 0 aliphatic heterocycles. The zero-order valence-electron chi connectivity index (χ0n) is 11.3. The summed E-state index contributed by atoms with van der Waals surface area (Å²) in [5.41, 5.74) is 2.78. The molecule has 0 amide bonds. The van der Waals surface area contributed by atoms with Gasteiger partial charge in [0.15, 0.2) is 0 Å². The number of fused-ring (bicyclic) bond motifs is 1. The van der Waals surface area contributed by atoms with Crippen molar-refractivity contribution < 1.29 is 0 Å². The average Bonchev–Trinajstić information content (AvgIpc) is 2.66. The van der Waals surface area contributed by atoms with Crippen molar-refractivity contribution in [2.75, 3.05) is 13.6 Å². The van der Waals surface area contributed by atoms with Crippen molar-refractivity contribution in [1.82, 2.24) is 9.88 Å². The molecule has 1 aromatic carbocycles. The minimum absolute atomic E-state index is 0.508. The van der Waals surface area contributed by atoms with Crippen molar-refractivity contribution >= 4 is 26.8 Å². The molecule has 0 atom stereocenters. The highest BCUT2D eigenvalue weighted by molar-refractivity contribution is 9.10. The van der Waals surface area contributed by atoms with Gasteiger partial charge in [0.1, 0.15) is 0 Å². The third-order valence-corrected chi connectivity index (χ3v) is 3.75. The minimum Gasteiger partial charge on any atom is -0.342 e. The van der Waals surface area contributed by atoms with Crippen LogP contribution in [0.5, 0.6) is 0 Å². The molecule has 18 heavy (non-hydrogen) atoms. The van der Waals surface area contributed by atoms with Gasteiger partial charge in [-0.05, 0) is 64.5 Å². The van der Waals surface area contributed by atoms with Crippen LogP contribution in [0.15, 0.2) is 28.7 Å². The molecule has 1 N–H and O–H groups in total. The normalized spacial score (nSPS) is 11.6. The van der Waals surface area contributed by atoms with Crippen molar-refractivity contribution in [3.05, 3.63) is 34.4 Å². The summed E-state index contributed by atoms with van der Waals surface area (Å²) in [6, 6.07) is 9.37. The van der Waals surface area contributed by atoms with Crippen molar-refractivity contribution in [3.8, 4) is 0 Å². The molecule has 0 saturated carbocycles. The Bertz CT molecular complexity index is 529. The number of aromatic nitrogens is 1. The molecule has 0 unspecified atom stereocenters. The molecule has 1 aromatic heterocycles. The van der Waals surface area contributed by atoms with E-state index in [-0.39, 0.29) is 0 Å². The standard InChI is InChI=1S/C15H21BrN2/c1-11(2)18-14(5-4-8-17-3)10-12-9-13(16)6-7-15(12)18/h6-7,9-11,17H,4-5,8H2,1-3H3. The molecule has 0 fully saturated rings. The van der Waals surface area contributed by atoms with Crippen LogP contribution >= 0.6 is 15.9 Å². The molecule has 2 nitrogen and oxygen atoms in total. The van der Waals surface area contributed by atoms with Gasteiger partial charge in [0, 0.05) is 27.1 Å². The quantitative estimate of drug-likeness (QED) is 0.822. The first-order chi connectivity index (χ1) is 8.63. The van der Waals surface area contributed by atoms with Gasteiger partial charge in [0.25, 0.3) is 0 Å². The summed E-state index contributed by atoms with van der Waals surface area (Å²) < 4.78 is 3.61. The van der Waals surface area contributed by atoms with Crippen LogP contribution < -0.4 is 5.32 Å². The van der Waals surface area contributed by atoms with Crippen LogP contribution in [0.2, 0.25) is 0 Å². The van der Waals surface area contributed by atoms with E-state index in [2.05, 4.69) is 63.9 Å². The minimum atomic E-state index is 0.508. The average molecular weight is 309 g/mol. The summed E-state index contributed by atoms with van der Waals surface area (Å²) in [4.78, 5) is 0. The number of benzene rings is 1. The predicted molar refractivity (Wildman–Crippen MR) is 82.3 cm³/mol. The second-order valence-electron chi connectivity index (χ2n) is 5.01. The SMILES string of the molecule is CNCCCc1cc2cc(Br)ccc2n1C(C)C. The Morgan fingerprint density at radius 3 is 2.72 bits per heavy atom. The lowest BCUT2D eigenvalue weighted by molar-refractivity contribution is 0.582. The first-order valence-corrected chi connectivity index (χ1v) is 7.36. The summed E-state index contributed by atoms with van der Waals surface area (Å²) in [5, 5.41) is 4.54. The van der Waals surface area contributed by atoms with E-state index < -0.39 is 0 Å². The molecule has 0 saturated heterocycles. The lowest BCUT2D eigenvalue weighted by Crippen LogP contribution is -2.11. The molecular weight excluding hydrogens is 288 g/mol. The van der Waals surface area contributed by atoms with E-state index in [1.165, 1.54) is 23.0 Å². The third kappa shape index (κ3) is 2.78. The number of nitrogens with one attached hydrogen (secondary N) is 1. The van der Waals surface area contributed by atoms with Gasteiger partial charge < -0.3 is 9.88 Å². The topological polar surface area (TPSA) is 17.0 Å². The van der Waals surface area contributed by atoms with E-state index in [1.807, 2.05) is 7.05 Å². The number of hydrogen-bond acceptors (Lipinski definition) is 1. The van der Waals surface area contributed by atoms with Gasteiger partial charge in [-0.15, -0.1) is 0 Å². The number of rotatable bonds is 5. The second kappa shape index (κ2) is 5.89. The van der Waals surface area contributed by atoms with Gasteiger partial charge in [0.2, 0.25) is 0 Å². The van der Waals surface area contributed by atoms with Gasteiger partial charge in [-0.25, -0.2) is 0 Å². The van der Waals surface area contributed by atoms with E-state index >= 15 is 0 Å². The van der Waals surface area contributed by atoms with Crippen LogP contribution in [0.4, 0.5) is 0 Å². The number of nitrogens with zero attached hydrogens (tertiary/aromatic N) is 1. The lowest BCUT2D eigenvalue weighted by atomic mass is 10.2.